The third-order valence-corrected chi connectivity index (χ3v) is 4.20. The standard InChI is InChI=1S/C16H23NO3/c1-12(2)13-4-6-14(7-5-13)16(3,15(18)19)17-8-10-20-11-9-17/h4-7,12H,8-11H2,1-3H3,(H,18,19). The highest BCUT2D eigenvalue weighted by Crippen LogP contribution is 2.30. The van der Waals surface area contributed by atoms with Crippen molar-refractivity contribution in [3.8, 4) is 0 Å². The minimum Gasteiger partial charge on any atom is -0.480 e. The van der Waals surface area contributed by atoms with E-state index in [0.29, 0.717) is 32.2 Å². The third-order valence-electron chi connectivity index (χ3n) is 4.20. The number of hydrogen-bond donors (Lipinski definition) is 1. The summed E-state index contributed by atoms with van der Waals surface area (Å²) in [4.78, 5) is 13.8. The number of nitrogens with zero attached hydrogens (tertiary/aromatic N) is 1. The number of aliphatic carboxylic acids is 1. The van der Waals surface area contributed by atoms with E-state index in [-0.39, 0.29) is 0 Å². The quantitative estimate of drug-likeness (QED) is 0.918. The molecule has 0 radical (unpaired) electrons. The molecule has 0 aliphatic carbocycles. The predicted molar refractivity (Wildman–Crippen MR) is 77.9 cm³/mol. The summed E-state index contributed by atoms with van der Waals surface area (Å²) < 4.78 is 5.33. The van der Waals surface area contributed by atoms with Crippen LogP contribution in [-0.4, -0.2) is 42.3 Å². The summed E-state index contributed by atoms with van der Waals surface area (Å²) in [5.74, 6) is -0.361. The zero-order valence-electron chi connectivity index (χ0n) is 12.4. The molecule has 110 valence electrons. The highest BCUT2D eigenvalue weighted by molar-refractivity contribution is 5.80. The maximum Gasteiger partial charge on any atom is 0.328 e. The molecule has 0 bridgehead atoms. The first-order chi connectivity index (χ1) is 9.46. The van der Waals surface area contributed by atoms with E-state index in [1.54, 1.807) is 6.92 Å². The summed E-state index contributed by atoms with van der Waals surface area (Å²) in [7, 11) is 0. The lowest BCUT2D eigenvalue weighted by Crippen LogP contribution is -2.54. The number of rotatable bonds is 4. The maximum atomic E-state index is 11.9. The van der Waals surface area contributed by atoms with E-state index in [4.69, 9.17) is 4.74 Å². The van der Waals surface area contributed by atoms with Gasteiger partial charge in [0.25, 0.3) is 0 Å². The Balaban J connectivity index is 2.34. The molecule has 0 saturated carbocycles. The highest BCUT2D eigenvalue weighted by atomic mass is 16.5. The van der Waals surface area contributed by atoms with Crippen LogP contribution in [0.15, 0.2) is 24.3 Å². The highest BCUT2D eigenvalue weighted by Gasteiger charge is 2.41. The Kier molecular flexibility index (Phi) is 4.45. The van der Waals surface area contributed by atoms with E-state index in [1.807, 2.05) is 29.2 Å². The summed E-state index contributed by atoms with van der Waals surface area (Å²) in [5, 5.41) is 9.73. The average molecular weight is 277 g/mol. The fourth-order valence-corrected chi connectivity index (χ4v) is 2.64. The maximum absolute atomic E-state index is 11.9. The number of carbonyl (C=O) groups is 1. The van der Waals surface area contributed by atoms with Crippen molar-refractivity contribution in [2.75, 3.05) is 26.3 Å². The molecular weight excluding hydrogens is 254 g/mol. The molecule has 1 heterocycles. The van der Waals surface area contributed by atoms with Crippen molar-refractivity contribution in [1.29, 1.82) is 0 Å². The van der Waals surface area contributed by atoms with Crippen LogP contribution in [0, 0.1) is 0 Å². The van der Waals surface area contributed by atoms with E-state index in [2.05, 4.69) is 13.8 Å². The molecular formula is C16H23NO3. The van der Waals surface area contributed by atoms with Gasteiger partial charge in [-0.25, -0.2) is 4.79 Å². The van der Waals surface area contributed by atoms with Gasteiger partial charge in [0, 0.05) is 13.1 Å². The Morgan fingerprint density at radius 1 is 1.25 bits per heavy atom. The Labute approximate surface area is 120 Å². The van der Waals surface area contributed by atoms with Crippen molar-refractivity contribution in [1.82, 2.24) is 4.90 Å². The van der Waals surface area contributed by atoms with Gasteiger partial charge < -0.3 is 9.84 Å². The van der Waals surface area contributed by atoms with Crippen LogP contribution in [0.4, 0.5) is 0 Å². The first-order valence-corrected chi connectivity index (χ1v) is 7.13. The van der Waals surface area contributed by atoms with E-state index in [1.165, 1.54) is 5.56 Å². The van der Waals surface area contributed by atoms with Crippen LogP contribution >= 0.6 is 0 Å². The molecule has 1 aromatic carbocycles. The van der Waals surface area contributed by atoms with Crippen LogP contribution in [0.25, 0.3) is 0 Å². The lowest BCUT2D eigenvalue weighted by molar-refractivity contribution is -0.154. The van der Waals surface area contributed by atoms with Gasteiger partial charge in [-0.05, 0) is 24.0 Å². The molecule has 1 aromatic rings. The Morgan fingerprint density at radius 2 is 1.80 bits per heavy atom. The number of carboxylic acids is 1. The van der Waals surface area contributed by atoms with E-state index < -0.39 is 11.5 Å². The third kappa shape index (κ3) is 2.72. The van der Waals surface area contributed by atoms with Crippen LogP contribution in [0.2, 0.25) is 0 Å². The molecule has 2 rings (SSSR count). The molecule has 1 saturated heterocycles. The van der Waals surface area contributed by atoms with Gasteiger partial charge in [0.15, 0.2) is 0 Å². The number of ether oxygens (including phenoxy) is 1. The Morgan fingerprint density at radius 3 is 2.25 bits per heavy atom. The molecule has 1 unspecified atom stereocenters. The lowest BCUT2D eigenvalue weighted by Gasteiger charge is -2.40. The van der Waals surface area contributed by atoms with Crippen LogP contribution in [-0.2, 0) is 15.1 Å². The number of carboxylic acid groups (broad SMARTS) is 1. The van der Waals surface area contributed by atoms with Crippen LogP contribution in [0.5, 0.6) is 0 Å². The van der Waals surface area contributed by atoms with Crippen molar-refractivity contribution in [3.63, 3.8) is 0 Å². The lowest BCUT2D eigenvalue weighted by atomic mass is 9.88. The molecule has 4 nitrogen and oxygen atoms in total. The normalized spacial score (nSPS) is 19.8. The minimum absolute atomic E-state index is 0.448. The van der Waals surface area contributed by atoms with Crippen molar-refractivity contribution in [3.05, 3.63) is 35.4 Å². The molecule has 4 heteroatoms. The van der Waals surface area contributed by atoms with Crippen LogP contribution in [0.3, 0.4) is 0 Å². The van der Waals surface area contributed by atoms with Gasteiger partial charge in [0.1, 0.15) is 5.54 Å². The minimum atomic E-state index is -0.987. The zero-order valence-corrected chi connectivity index (χ0v) is 12.4. The fraction of sp³-hybridized carbons (Fsp3) is 0.562. The van der Waals surface area contributed by atoms with Crippen molar-refractivity contribution in [2.24, 2.45) is 0 Å². The van der Waals surface area contributed by atoms with Gasteiger partial charge in [-0.1, -0.05) is 38.1 Å². The van der Waals surface area contributed by atoms with Gasteiger partial charge in [0.05, 0.1) is 13.2 Å². The summed E-state index contributed by atoms with van der Waals surface area (Å²) in [6, 6.07) is 7.95. The molecule has 1 fully saturated rings. The second-order valence-electron chi connectivity index (χ2n) is 5.75. The van der Waals surface area contributed by atoms with Gasteiger partial charge >= 0.3 is 5.97 Å². The number of hydrogen-bond acceptors (Lipinski definition) is 3. The van der Waals surface area contributed by atoms with Crippen LogP contribution in [0.1, 0.15) is 37.8 Å². The first-order valence-electron chi connectivity index (χ1n) is 7.13. The molecule has 1 aliphatic heterocycles. The second-order valence-corrected chi connectivity index (χ2v) is 5.75. The Hall–Kier alpha value is -1.39. The van der Waals surface area contributed by atoms with Gasteiger partial charge in [-0.3, -0.25) is 4.90 Å². The van der Waals surface area contributed by atoms with E-state index >= 15 is 0 Å². The second kappa shape index (κ2) is 5.94. The summed E-state index contributed by atoms with van der Waals surface area (Å²) in [6.45, 7) is 8.52. The predicted octanol–water partition coefficient (Wildman–Crippen LogP) is 2.44. The van der Waals surface area contributed by atoms with Gasteiger partial charge in [0.2, 0.25) is 0 Å². The fourth-order valence-electron chi connectivity index (χ4n) is 2.64. The molecule has 0 aromatic heterocycles. The van der Waals surface area contributed by atoms with Gasteiger partial charge in [-0.15, -0.1) is 0 Å². The van der Waals surface area contributed by atoms with Crippen molar-refractivity contribution >= 4 is 5.97 Å². The average Bonchev–Trinajstić information content (AvgIpc) is 2.47. The first kappa shape index (κ1) is 15.0. The van der Waals surface area contributed by atoms with Crippen molar-refractivity contribution < 1.29 is 14.6 Å². The monoisotopic (exact) mass is 277 g/mol. The SMILES string of the molecule is CC(C)c1ccc(C(C)(C(=O)O)N2CCOCC2)cc1. The largest absolute Gasteiger partial charge is 0.480 e. The molecule has 20 heavy (non-hydrogen) atoms. The van der Waals surface area contributed by atoms with Crippen LogP contribution < -0.4 is 0 Å². The number of benzene rings is 1. The van der Waals surface area contributed by atoms with Gasteiger partial charge in [-0.2, -0.15) is 0 Å². The Bertz CT molecular complexity index is 463. The topological polar surface area (TPSA) is 49.8 Å². The summed E-state index contributed by atoms with van der Waals surface area (Å²) in [5.41, 5.74) is 1.07. The molecule has 0 amide bonds. The molecule has 1 N–H and O–H groups in total. The van der Waals surface area contributed by atoms with E-state index in [0.717, 1.165) is 5.56 Å². The number of morpholine rings is 1. The zero-order chi connectivity index (χ0) is 14.8. The van der Waals surface area contributed by atoms with Crippen molar-refractivity contribution in [2.45, 2.75) is 32.2 Å². The molecule has 1 aliphatic rings. The molecule has 1 atom stereocenters. The molecule has 0 spiro atoms. The van der Waals surface area contributed by atoms with E-state index in [9.17, 15) is 9.90 Å². The summed E-state index contributed by atoms with van der Waals surface area (Å²) in [6.07, 6.45) is 0. The summed E-state index contributed by atoms with van der Waals surface area (Å²) >= 11 is 0. The smallest absolute Gasteiger partial charge is 0.328 e.